The number of para-hydroxylation sites is 1. The van der Waals surface area contributed by atoms with Crippen LogP contribution in [0, 0.1) is 0 Å². The molecule has 2 amide bonds. The minimum atomic E-state index is -0.435. The summed E-state index contributed by atoms with van der Waals surface area (Å²) in [7, 11) is 1.72. The van der Waals surface area contributed by atoms with E-state index in [0.717, 1.165) is 18.5 Å². The molecular formula is C15H23N3O. The van der Waals surface area contributed by atoms with Crippen molar-refractivity contribution < 1.29 is 4.79 Å². The van der Waals surface area contributed by atoms with Crippen molar-refractivity contribution in [2.24, 2.45) is 11.5 Å². The number of amides is 2. The fourth-order valence-electron chi connectivity index (χ4n) is 3.15. The number of carbonyl (C=O) groups excluding carboxylic acids is 1. The Labute approximate surface area is 114 Å². The highest BCUT2D eigenvalue weighted by Crippen LogP contribution is 2.42. The highest BCUT2D eigenvalue weighted by molar-refractivity contribution is 5.91. The molecule has 0 heterocycles. The second kappa shape index (κ2) is 5.61. The first-order valence-electron chi connectivity index (χ1n) is 6.93. The predicted octanol–water partition coefficient (Wildman–Crippen LogP) is 2.36. The average Bonchev–Trinajstić information content (AvgIpc) is 2.47. The van der Waals surface area contributed by atoms with Crippen LogP contribution in [0.4, 0.5) is 10.5 Å². The minimum absolute atomic E-state index is 0.00144. The van der Waals surface area contributed by atoms with Gasteiger partial charge < -0.3 is 11.5 Å². The van der Waals surface area contributed by atoms with E-state index >= 15 is 0 Å². The van der Waals surface area contributed by atoms with Crippen LogP contribution in [-0.4, -0.2) is 19.6 Å². The van der Waals surface area contributed by atoms with E-state index in [0.29, 0.717) is 6.54 Å². The van der Waals surface area contributed by atoms with Gasteiger partial charge in [-0.15, -0.1) is 0 Å². The second-order valence-corrected chi connectivity index (χ2v) is 5.46. The third-order valence-corrected chi connectivity index (χ3v) is 4.37. The van der Waals surface area contributed by atoms with E-state index in [2.05, 4.69) is 6.07 Å². The third-order valence-electron chi connectivity index (χ3n) is 4.37. The second-order valence-electron chi connectivity index (χ2n) is 5.46. The Hall–Kier alpha value is -1.55. The first-order chi connectivity index (χ1) is 9.10. The van der Waals surface area contributed by atoms with Crippen molar-refractivity contribution in [3.05, 3.63) is 29.8 Å². The lowest BCUT2D eigenvalue weighted by Crippen LogP contribution is -2.40. The van der Waals surface area contributed by atoms with Crippen molar-refractivity contribution >= 4 is 11.7 Å². The first-order valence-corrected chi connectivity index (χ1v) is 6.93. The number of anilines is 1. The van der Waals surface area contributed by atoms with Crippen LogP contribution >= 0.6 is 0 Å². The molecule has 4 heteroatoms. The van der Waals surface area contributed by atoms with Crippen molar-refractivity contribution in [2.75, 3.05) is 18.5 Å². The Morgan fingerprint density at radius 2 is 1.89 bits per heavy atom. The predicted molar refractivity (Wildman–Crippen MR) is 78.2 cm³/mol. The summed E-state index contributed by atoms with van der Waals surface area (Å²) in [6, 6.07) is 7.56. The van der Waals surface area contributed by atoms with Crippen LogP contribution in [0.2, 0.25) is 0 Å². The molecule has 1 aromatic rings. The Morgan fingerprint density at radius 3 is 2.47 bits per heavy atom. The molecule has 0 bridgehead atoms. The Kier molecular flexibility index (Phi) is 4.10. The van der Waals surface area contributed by atoms with E-state index < -0.39 is 6.03 Å². The number of rotatable bonds is 3. The molecule has 0 saturated heterocycles. The van der Waals surface area contributed by atoms with Gasteiger partial charge in [0.25, 0.3) is 0 Å². The third kappa shape index (κ3) is 2.59. The molecule has 0 aliphatic heterocycles. The van der Waals surface area contributed by atoms with Crippen LogP contribution in [0.15, 0.2) is 24.3 Å². The van der Waals surface area contributed by atoms with Gasteiger partial charge in [-0.2, -0.15) is 0 Å². The number of carbonyl (C=O) groups is 1. The van der Waals surface area contributed by atoms with Crippen LogP contribution in [-0.2, 0) is 5.41 Å². The lowest BCUT2D eigenvalue weighted by atomic mass is 9.69. The van der Waals surface area contributed by atoms with Gasteiger partial charge >= 0.3 is 6.03 Å². The number of hydrogen-bond acceptors (Lipinski definition) is 2. The van der Waals surface area contributed by atoms with E-state index in [9.17, 15) is 4.79 Å². The summed E-state index contributed by atoms with van der Waals surface area (Å²) >= 11 is 0. The van der Waals surface area contributed by atoms with E-state index in [4.69, 9.17) is 11.5 Å². The van der Waals surface area contributed by atoms with E-state index in [1.54, 1.807) is 7.05 Å². The molecule has 1 fully saturated rings. The Balaban J connectivity index is 2.45. The molecule has 0 radical (unpaired) electrons. The number of hydrogen-bond donors (Lipinski definition) is 2. The summed E-state index contributed by atoms with van der Waals surface area (Å²) < 4.78 is 0. The van der Waals surface area contributed by atoms with Gasteiger partial charge in [-0.25, -0.2) is 4.79 Å². The summed E-state index contributed by atoms with van der Waals surface area (Å²) in [5.74, 6) is 0. The van der Waals surface area contributed by atoms with Crippen LogP contribution in [0.5, 0.6) is 0 Å². The van der Waals surface area contributed by atoms with Gasteiger partial charge in [-0.3, -0.25) is 4.90 Å². The van der Waals surface area contributed by atoms with Crippen LogP contribution < -0.4 is 16.4 Å². The van der Waals surface area contributed by atoms with E-state index in [1.807, 2.05) is 18.2 Å². The zero-order valence-corrected chi connectivity index (χ0v) is 11.6. The minimum Gasteiger partial charge on any atom is -0.351 e. The molecule has 2 rings (SSSR count). The SMILES string of the molecule is CN(C(N)=O)c1ccccc1C1(CN)CCCCC1. The number of benzene rings is 1. The monoisotopic (exact) mass is 261 g/mol. The summed E-state index contributed by atoms with van der Waals surface area (Å²) in [6.07, 6.45) is 5.85. The standard InChI is InChI=1S/C15H23N3O/c1-18(14(17)19)13-8-4-3-7-12(13)15(11-16)9-5-2-6-10-15/h3-4,7-8H,2,5-6,9-11,16H2,1H3,(H2,17,19). The molecule has 0 aromatic heterocycles. The zero-order valence-electron chi connectivity index (χ0n) is 11.6. The van der Waals surface area contributed by atoms with Gasteiger partial charge in [0, 0.05) is 24.7 Å². The highest BCUT2D eigenvalue weighted by atomic mass is 16.2. The van der Waals surface area contributed by atoms with Crippen molar-refractivity contribution in [3.8, 4) is 0 Å². The van der Waals surface area contributed by atoms with Crippen molar-refractivity contribution in [3.63, 3.8) is 0 Å². The molecule has 19 heavy (non-hydrogen) atoms. The Bertz CT molecular complexity index is 452. The lowest BCUT2D eigenvalue weighted by Gasteiger charge is -2.39. The van der Waals surface area contributed by atoms with Gasteiger partial charge in [0.2, 0.25) is 0 Å². The molecule has 104 valence electrons. The maximum atomic E-state index is 11.4. The molecule has 4 N–H and O–H groups in total. The summed E-state index contributed by atoms with van der Waals surface area (Å²) in [5.41, 5.74) is 13.5. The van der Waals surface area contributed by atoms with Gasteiger partial charge in [-0.1, -0.05) is 37.5 Å². The normalized spacial score (nSPS) is 18.0. The average molecular weight is 261 g/mol. The maximum Gasteiger partial charge on any atom is 0.319 e. The topological polar surface area (TPSA) is 72.3 Å². The van der Waals surface area contributed by atoms with E-state index in [1.165, 1.54) is 29.7 Å². The van der Waals surface area contributed by atoms with Crippen LogP contribution in [0.3, 0.4) is 0 Å². The number of nitrogens with two attached hydrogens (primary N) is 2. The molecule has 1 aliphatic rings. The van der Waals surface area contributed by atoms with Crippen LogP contribution in [0.1, 0.15) is 37.7 Å². The quantitative estimate of drug-likeness (QED) is 0.876. The van der Waals surface area contributed by atoms with Crippen LogP contribution in [0.25, 0.3) is 0 Å². The Morgan fingerprint density at radius 1 is 1.26 bits per heavy atom. The highest BCUT2D eigenvalue weighted by Gasteiger charge is 2.35. The summed E-state index contributed by atoms with van der Waals surface area (Å²) in [6.45, 7) is 0.622. The van der Waals surface area contributed by atoms with Gasteiger partial charge in [-0.05, 0) is 24.5 Å². The molecule has 4 nitrogen and oxygen atoms in total. The van der Waals surface area contributed by atoms with Gasteiger partial charge in [0.1, 0.15) is 0 Å². The smallest absolute Gasteiger partial charge is 0.319 e. The van der Waals surface area contributed by atoms with Crippen molar-refractivity contribution in [2.45, 2.75) is 37.5 Å². The van der Waals surface area contributed by atoms with Gasteiger partial charge in [0.05, 0.1) is 0 Å². The fraction of sp³-hybridized carbons (Fsp3) is 0.533. The number of urea groups is 1. The first kappa shape index (κ1) is 13.9. The number of nitrogens with zero attached hydrogens (tertiary/aromatic N) is 1. The lowest BCUT2D eigenvalue weighted by molar-refractivity contribution is 0.254. The largest absolute Gasteiger partial charge is 0.351 e. The molecule has 1 aliphatic carbocycles. The van der Waals surface area contributed by atoms with Crippen molar-refractivity contribution in [1.82, 2.24) is 0 Å². The maximum absolute atomic E-state index is 11.4. The van der Waals surface area contributed by atoms with Crippen molar-refractivity contribution in [1.29, 1.82) is 0 Å². The molecule has 1 aromatic carbocycles. The molecule has 1 saturated carbocycles. The summed E-state index contributed by atoms with van der Waals surface area (Å²) in [4.78, 5) is 13.0. The van der Waals surface area contributed by atoms with Gasteiger partial charge in [0.15, 0.2) is 0 Å². The number of primary amides is 1. The molecule has 0 unspecified atom stereocenters. The van der Waals surface area contributed by atoms with E-state index in [-0.39, 0.29) is 5.41 Å². The molecule has 0 spiro atoms. The molecular weight excluding hydrogens is 238 g/mol. The molecule has 0 atom stereocenters. The zero-order chi connectivity index (χ0) is 13.9. The summed E-state index contributed by atoms with van der Waals surface area (Å²) in [5, 5.41) is 0. The fourth-order valence-corrected chi connectivity index (χ4v) is 3.15.